The van der Waals surface area contributed by atoms with Crippen LogP contribution >= 0.6 is 0 Å². The molecule has 7 rings (SSSR count). The van der Waals surface area contributed by atoms with E-state index < -0.39 is 0 Å². The Kier molecular flexibility index (Phi) is 3.97. The summed E-state index contributed by atoms with van der Waals surface area (Å²) in [7, 11) is 0. The van der Waals surface area contributed by atoms with Crippen LogP contribution in [-0.4, -0.2) is 6.85 Å². The normalized spacial score (nSPS) is 12.7. The Hall–Kier alpha value is -4.24. The summed E-state index contributed by atoms with van der Waals surface area (Å²) in [4.78, 5) is 2.48. The molecule has 0 amide bonds. The molecule has 0 atom stereocenters. The molecule has 154 valence electrons. The monoisotopic (exact) mass is 421 g/mol. The minimum atomic E-state index is 0.0768. The number of benzene rings is 5. The lowest BCUT2D eigenvalue weighted by molar-refractivity contribution is 0.669. The maximum Gasteiger partial charge on any atom is 0.328 e. The number of furan rings is 1. The largest absolute Gasteiger partial charge is 0.456 e. The van der Waals surface area contributed by atoms with Crippen LogP contribution < -0.4 is 15.7 Å². The average molecular weight is 421 g/mol. The number of rotatable bonds is 2. The second-order valence-corrected chi connectivity index (χ2v) is 8.57. The van der Waals surface area contributed by atoms with Crippen LogP contribution in [-0.2, 0) is 0 Å². The molecule has 0 spiro atoms. The van der Waals surface area contributed by atoms with Gasteiger partial charge in [0.25, 0.3) is 0 Å². The highest BCUT2D eigenvalue weighted by atomic mass is 16.3. The standard InChI is InChI=1S/C30H20BNO/c1-2-10-21(11-3-1)31-27-15-7-4-12-23(27)24-13-5-8-16-28(24)32(31)22-18-19-30-26(20-22)25-14-6-9-17-29(25)33-30/h1-20H. The van der Waals surface area contributed by atoms with E-state index in [1.54, 1.807) is 0 Å². The van der Waals surface area contributed by atoms with Crippen molar-refractivity contribution in [2.24, 2.45) is 0 Å². The first-order valence-electron chi connectivity index (χ1n) is 11.3. The van der Waals surface area contributed by atoms with E-state index in [2.05, 4.69) is 114 Å². The zero-order valence-corrected chi connectivity index (χ0v) is 18.0. The van der Waals surface area contributed by atoms with Crippen molar-refractivity contribution in [3.63, 3.8) is 0 Å². The van der Waals surface area contributed by atoms with Gasteiger partial charge in [0.1, 0.15) is 11.2 Å². The molecule has 0 saturated carbocycles. The van der Waals surface area contributed by atoms with E-state index in [1.165, 1.54) is 27.7 Å². The van der Waals surface area contributed by atoms with Crippen LogP contribution in [0, 0.1) is 0 Å². The number of hydrogen-bond acceptors (Lipinski definition) is 2. The Labute approximate surface area is 192 Å². The summed E-state index contributed by atoms with van der Waals surface area (Å²) in [5.74, 6) is 0. The van der Waals surface area contributed by atoms with Crippen LogP contribution in [0.2, 0.25) is 0 Å². The Morgan fingerprint density at radius 1 is 0.545 bits per heavy atom. The molecular weight excluding hydrogens is 401 g/mol. The van der Waals surface area contributed by atoms with Crippen molar-refractivity contribution >= 4 is 51.1 Å². The molecule has 0 fully saturated rings. The fourth-order valence-corrected chi connectivity index (χ4v) is 5.29. The van der Waals surface area contributed by atoms with E-state index in [-0.39, 0.29) is 6.85 Å². The van der Waals surface area contributed by atoms with Gasteiger partial charge in [0.15, 0.2) is 0 Å². The van der Waals surface area contributed by atoms with Gasteiger partial charge in [-0.3, -0.25) is 0 Å². The highest BCUT2D eigenvalue weighted by molar-refractivity contribution is 6.90. The molecule has 0 radical (unpaired) electrons. The molecule has 2 nitrogen and oxygen atoms in total. The molecule has 3 heteroatoms. The van der Waals surface area contributed by atoms with Gasteiger partial charge < -0.3 is 9.23 Å². The average Bonchev–Trinajstić information content (AvgIpc) is 3.26. The smallest absolute Gasteiger partial charge is 0.328 e. The summed E-state index contributed by atoms with van der Waals surface area (Å²) < 4.78 is 6.11. The first-order valence-corrected chi connectivity index (χ1v) is 11.3. The first-order chi connectivity index (χ1) is 16.4. The van der Waals surface area contributed by atoms with Crippen molar-refractivity contribution < 1.29 is 4.42 Å². The lowest BCUT2D eigenvalue weighted by Crippen LogP contribution is -2.57. The van der Waals surface area contributed by atoms with Gasteiger partial charge in [-0.2, -0.15) is 0 Å². The van der Waals surface area contributed by atoms with Gasteiger partial charge in [0.05, 0.1) is 0 Å². The maximum absolute atomic E-state index is 6.11. The predicted molar refractivity (Wildman–Crippen MR) is 139 cm³/mol. The van der Waals surface area contributed by atoms with Gasteiger partial charge in [-0.05, 0) is 41.4 Å². The molecule has 0 aliphatic carbocycles. The van der Waals surface area contributed by atoms with Crippen LogP contribution in [0.25, 0.3) is 33.1 Å². The Morgan fingerprint density at radius 2 is 1.24 bits per heavy atom. The summed E-state index contributed by atoms with van der Waals surface area (Å²) in [5.41, 5.74) is 9.37. The molecule has 0 unspecified atom stereocenters. The topological polar surface area (TPSA) is 16.4 Å². The molecule has 1 aliphatic rings. The number of anilines is 2. The fraction of sp³-hybridized carbons (Fsp3) is 0. The Balaban J connectivity index is 1.53. The third-order valence-electron chi connectivity index (χ3n) is 6.72. The van der Waals surface area contributed by atoms with Crippen molar-refractivity contribution in [1.82, 2.24) is 0 Å². The number of hydrogen-bond donors (Lipinski definition) is 0. The van der Waals surface area contributed by atoms with E-state index >= 15 is 0 Å². The third kappa shape index (κ3) is 2.76. The third-order valence-corrected chi connectivity index (χ3v) is 6.72. The number of fused-ring (bicyclic) bond motifs is 6. The minimum absolute atomic E-state index is 0.0768. The lowest BCUT2D eigenvalue weighted by Gasteiger charge is -2.38. The van der Waals surface area contributed by atoms with Gasteiger partial charge in [-0.1, -0.05) is 96.5 Å². The van der Waals surface area contributed by atoms with Gasteiger partial charge in [0, 0.05) is 27.7 Å². The van der Waals surface area contributed by atoms with Crippen LogP contribution in [0.1, 0.15) is 0 Å². The van der Waals surface area contributed by atoms with E-state index in [4.69, 9.17) is 4.42 Å². The lowest BCUT2D eigenvalue weighted by atomic mass is 9.46. The van der Waals surface area contributed by atoms with Crippen molar-refractivity contribution in [1.29, 1.82) is 0 Å². The Morgan fingerprint density at radius 3 is 2.15 bits per heavy atom. The van der Waals surface area contributed by atoms with Crippen LogP contribution in [0.5, 0.6) is 0 Å². The van der Waals surface area contributed by atoms with Crippen LogP contribution in [0.3, 0.4) is 0 Å². The molecule has 33 heavy (non-hydrogen) atoms. The minimum Gasteiger partial charge on any atom is -0.456 e. The fourth-order valence-electron chi connectivity index (χ4n) is 5.29. The van der Waals surface area contributed by atoms with Crippen molar-refractivity contribution in [3.8, 4) is 11.1 Å². The molecule has 5 aromatic carbocycles. The quantitative estimate of drug-likeness (QED) is 0.297. The van der Waals surface area contributed by atoms with E-state index in [0.29, 0.717) is 0 Å². The summed E-state index contributed by atoms with van der Waals surface area (Å²) in [6.07, 6.45) is 0. The Bertz CT molecular complexity index is 1640. The van der Waals surface area contributed by atoms with Crippen molar-refractivity contribution in [2.75, 3.05) is 4.81 Å². The molecule has 0 N–H and O–H groups in total. The van der Waals surface area contributed by atoms with Crippen molar-refractivity contribution in [2.45, 2.75) is 0 Å². The molecule has 2 heterocycles. The van der Waals surface area contributed by atoms with E-state index in [9.17, 15) is 0 Å². The second kappa shape index (κ2) is 7.14. The van der Waals surface area contributed by atoms with Crippen LogP contribution in [0.4, 0.5) is 11.4 Å². The molecular formula is C30H20BNO. The van der Waals surface area contributed by atoms with Crippen molar-refractivity contribution in [3.05, 3.63) is 121 Å². The van der Waals surface area contributed by atoms with E-state index in [0.717, 1.165) is 27.6 Å². The van der Waals surface area contributed by atoms with Gasteiger partial charge >= 0.3 is 6.85 Å². The zero-order chi connectivity index (χ0) is 21.8. The van der Waals surface area contributed by atoms with Gasteiger partial charge in [-0.15, -0.1) is 0 Å². The number of para-hydroxylation sites is 2. The van der Waals surface area contributed by atoms with Crippen LogP contribution in [0.15, 0.2) is 126 Å². The highest BCUT2D eigenvalue weighted by Gasteiger charge is 2.36. The van der Waals surface area contributed by atoms with Gasteiger partial charge in [-0.25, -0.2) is 0 Å². The second-order valence-electron chi connectivity index (χ2n) is 8.57. The SMILES string of the molecule is c1ccc(B2c3ccccc3-c3ccccc3N2c2ccc3oc4ccccc4c3c2)cc1. The molecule has 0 saturated heterocycles. The first kappa shape index (κ1) is 18.3. The molecule has 0 bridgehead atoms. The predicted octanol–water partition coefficient (Wildman–Crippen LogP) is 6.51. The number of nitrogens with zero attached hydrogens (tertiary/aromatic N) is 1. The maximum atomic E-state index is 6.11. The van der Waals surface area contributed by atoms with E-state index in [1.807, 2.05) is 12.1 Å². The van der Waals surface area contributed by atoms with Gasteiger partial charge in [0.2, 0.25) is 0 Å². The summed E-state index contributed by atoms with van der Waals surface area (Å²) in [6.45, 7) is 0.0768. The highest BCUT2D eigenvalue weighted by Crippen LogP contribution is 2.41. The summed E-state index contributed by atoms with van der Waals surface area (Å²) in [6, 6.07) is 43.2. The summed E-state index contributed by atoms with van der Waals surface area (Å²) in [5, 5.41) is 2.29. The summed E-state index contributed by atoms with van der Waals surface area (Å²) >= 11 is 0. The molecule has 1 aromatic heterocycles. The molecule has 1 aliphatic heterocycles. The zero-order valence-electron chi connectivity index (χ0n) is 18.0. The molecule has 6 aromatic rings.